The summed E-state index contributed by atoms with van der Waals surface area (Å²) in [7, 11) is 0. The Balaban J connectivity index is 1.83. The highest BCUT2D eigenvalue weighted by molar-refractivity contribution is 5.91. The molecule has 0 aliphatic carbocycles. The first-order valence-corrected chi connectivity index (χ1v) is 5.24. The van der Waals surface area contributed by atoms with Gasteiger partial charge in [-0.2, -0.15) is 5.10 Å². The zero-order valence-corrected chi connectivity index (χ0v) is 9.43. The zero-order chi connectivity index (χ0) is 12.1. The van der Waals surface area contributed by atoms with Crippen LogP contribution in [0.25, 0.3) is 6.08 Å². The number of aromatic nitrogens is 2. The molecule has 2 heterocycles. The summed E-state index contributed by atoms with van der Waals surface area (Å²) >= 11 is 0. The molecule has 0 bridgehead atoms. The van der Waals surface area contributed by atoms with Gasteiger partial charge in [0.15, 0.2) is 0 Å². The van der Waals surface area contributed by atoms with Gasteiger partial charge in [-0.1, -0.05) is 0 Å². The maximum absolute atomic E-state index is 11.4. The predicted molar refractivity (Wildman–Crippen MR) is 62.9 cm³/mol. The Morgan fingerprint density at radius 3 is 3.12 bits per heavy atom. The van der Waals surface area contributed by atoms with E-state index < -0.39 is 0 Å². The topological polar surface area (TPSA) is 70.9 Å². The number of carbonyl (C=O) groups is 1. The fourth-order valence-corrected chi connectivity index (χ4v) is 1.32. The van der Waals surface area contributed by atoms with E-state index in [1.165, 1.54) is 6.08 Å². The Morgan fingerprint density at radius 2 is 2.47 bits per heavy atom. The minimum Gasteiger partial charge on any atom is -0.462 e. The molecule has 2 N–H and O–H groups in total. The van der Waals surface area contributed by atoms with Gasteiger partial charge in [0.2, 0.25) is 5.91 Å². The molecule has 0 unspecified atom stereocenters. The van der Waals surface area contributed by atoms with E-state index >= 15 is 0 Å². The van der Waals surface area contributed by atoms with Gasteiger partial charge in [0, 0.05) is 24.4 Å². The molecule has 2 aromatic heterocycles. The van der Waals surface area contributed by atoms with Crippen molar-refractivity contribution in [3.8, 4) is 0 Å². The van der Waals surface area contributed by atoms with E-state index in [0.29, 0.717) is 12.3 Å². The number of amides is 1. The molecule has 0 fully saturated rings. The highest BCUT2D eigenvalue weighted by Crippen LogP contribution is 2.07. The lowest BCUT2D eigenvalue weighted by molar-refractivity contribution is -0.116. The van der Waals surface area contributed by atoms with E-state index in [1.807, 2.05) is 19.1 Å². The first kappa shape index (κ1) is 11.2. The summed E-state index contributed by atoms with van der Waals surface area (Å²) in [6, 6.07) is 3.66. The number of aryl methyl sites for hydroxylation is 1. The lowest BCUT2D eigenvalue weighted by Crippen LogP contribution is -2.19. The first-order valence-electron chi connectivity index (χ1n) is 5.24. The Bertz CT molecular complexity index is 512. The third-order valence-corrected chi connectivity index (χ3v) is 2.18. The van der Waals surface area contributed by atoms with Crippen LogP contribution in [0, 0.1) is 6.92 Å². The summed E-state index contributed by atoms with van der Waals surface area (Å²) in [6.45, 7) is 2.31. The summed E-state index contributed by atoms with van der Waals surface area (Å²) < 4.78 is 5.30. The maximum Gasteiger partial charge on any atom is 0.244 e. The van der Waals surface area contributed by atoms with Gasteiger partial charge in [0.05, 0.1) is 6.20 Å². The lowest BCUT2D eigenvalue weighted by atomic mass is 10.3. The van der Waals surface area contributed by atoms with Crippen molar-refractivity contribution < 1.29 is 9.21 Å². The number of furan rings is 1. The highest BCUT2D eigenvalue weighted by Gasteiger charge is 1.98. The van der Waals surface area contributed by atoms with Crippen LogP contribution in [0.4, 0.5) is 0 Å². The molecule has 5 nitrogen and oxygen atoms in total. The minimum absolute atomic E-state index is 0.166. The fourth-order valence-electron chi connectivity index (χ4n) is 1.32. The maximum atomic E-state index is 11.4. The molecule has 0 radical (unpaired) electrons. The van der Waals surface area contributed by atoms with Gasteiger partial charge in [-0.25, -0.2) is 0 Å². The summed E-state index contributed by atoms with van der Waals surface area (Å²) in [6.07, 6.45) is 6.48. The van der Waals surface area contributed by atoms with Gasteiger partial charge in [0.1, 0.15) is 11.5 Å². The molecule has 1 amide bonds. The quantitative estimate of drug-likeness (QED) is 0.786. The Morgan fingerprint density at radius 1 is 1.59 bits per heavy atom. The van der Waals surface area contributed by atoms with Crippen molar-refractivity contribution in [2.45, 2.75) is 13.5 Å². The zero-order valence-electron chi connectivity index (χ0n) is 9.43. The van der Waals surface area contributed by atoms with Crippen molar-refractivity contribution in [1.29, 1.82) is 0 Å². The number of hydrogen-bond acceptors (Lipinski definition) is 3. The number of nitrogens with zero attached hydrogens (tertiary/aromatic N) is 1. The molecule has 5 heteroatoms. The molecule has 0 saturated carbocycles. The van der Waals surface area contributed by atoms with Crippen molar-refractivity contribution in [2.24, 2.45) is 0 Å². The van der Waals surface area contributed by atoms with Crippen LogP contribution in [0.2, 0.25) is 0 Å². The molecule has 17 heavy (non-hydrogen) atoms. The van der Waals surface area contributed by atoms with E-state index in [4.69, 9.17) is 4.42 Å². The smallest absolute Gasteiger partial charge is 0.244 e. The van der Waals surface area contributed by atoms with Gasteiger partial charge >= 0.3 is 0 Å². The van der Waals surface area contributed by atoms with Crippen molar-refractivity contribution >= 4 is 12.0 Å². The predicted octanol–water partition coefficient (Wildman–Crippen LogP) is 1.64. The molecule has 0 atom stereocenters. The third kappa shape index (κ3) is 3.34. The van der Waals surface area contributed by atoms with Crippen molar-refractivity contribution in [2.75, 3.05) is 0 Å². The molecule has 0 saturated heterocycles. The normalized spacial score (nSPS) is 10.9. The van der Waals surface area contributed by atoms with Crippen molar-refractivity contribution in [3.05, 3.63) is 47.7 Å². The van der Waals surface area contributed by atoms with Gasteiger partial charge in [0.25, 0.3) is 0 Å². The SMILES string of the molecule is Cc1ccc(/C=C/C(=O)NCc2cn[nH]c2)o1. The lowest BCUT2D eigenvalue weighted by Gasteiger charge is -1.97. The molecule has 2 rings (SSSR count). The van der Waals surface area contributed by atoms with Gasteiger partial charge in [-0.05, 0) is 25.1 Å². The largest absolute Gasteiger partial charge is 0.462 e. The highest BCUT2D eigenvalue weighted by atomic mass is 16.3. The Hall–Kier alpha value is -2.30. The Kier molecular flexibility index (Phi) is 3.40. The fraction of sp³-hybridized carbons (Fsp3) is 0.167. The standard InChI is InChI=1S/C12H13N3O2/c1-9-2-3-11(17-9)4-5-12(16)13-6-10-7-14-15-8-10/h2-5,7-8H,6H2,1H3,(H,13,16)(H,14,15)/b5-4+. The molecule has 0 spiro atoms. The van der Waals surface area contributed by atoms with E-state index in [-0.39, 0.29) is 5.91 Å². The van der Waals surface area contributed by atoms with Crippen LogP contribution in [0.15, 0.2) is 35.0 Å². The average Bonchev–Trinajstić information content (AvgIpc) is 2.95. The summed E-state index contributed by atoms with van der Waals surface area (Å²) in [5.74, 6) is 1.32. The molecule has 2 aromatic rings. The van der Waals surface area contributed by atoms with Crippen LogP contribution in [0.3, 0.4) is 0 Å². The van der Waals surface area contributed by atoms with Crippen LogP contribution >= 0.6 is 0 Å². The molecule has 0 aliphatic rings. The van der Waals surface area contributed by atoms with Crippen LogP contribution in [-0.4, -0.2) is 16.1 Å². The number of rotatable bonds is 4. The van der Waals surface area contributed by atoms with Crippen LogP contribution in [-0.2, 0) is 11.3 Å². The van der Waals surface area contributed by atoms with Crippen LogP contribution in [0.1, 0.15) is 17.1 Å². The van der Waals surface area contributed by atoms with E-state index in [2.05, 4.69) is 15.5 Å². The third-order valence-electron chi connectivity index (χ3n) is 2.18. The number of H-pyrrole nitrogens is 1. The summed E-state index contributed by atoms with van der Waals surface area (Å²) in [5.41, 5.74) is 0.931. The van der Waals surface area contributed by atoms with E-state index in [0.717, 1.165) is 11.3 Å². The minimum atomic E-state index is -0.166. The first-order chi connectivity index (χ1) is 8.24. The Labute approximate surface area is 98.5 Å². The average molecular weight is 231 g/mol. The van der Waals surface area contributed by atoms with E-state index in [1.54, 1.807) is 18.5 Å². The molecular formula is C12H13N3O2. The van der Waals surface area contributed by atoms with Gasteiger partial charge in [-0.3, -0.25) is 9.89 Å². The van der Waals surface area contributed by atoms with Crippen molar-refractivity contribution in [1.82, 2.24) is 15.5 Å². The number of nitrogens with one attached hydrogen (secondary N) is 2. The van der Waals surface area contributed by atoms with Crippen LogP contribution in [0.5, 0.6) is 0 Å². The van der Waals surface area contributed by atoms with E-state index in [9.17, 15) is 4.79 Å². The number of carbonyl (C=O) groups excluding carboxylic acids is 1. The second kappa shape index (κ2) is 5.16. The number of aromatic amines is 1. The van der Waals surface area contributed by atoms with Gasteiger partial charge in [-0.15, -0.1) is 0 Å². The van der Waals surface area contributed by atoms with Gasteiger partial charge < -0.3 is 9.73 Å². The summed E-state index contributed by atoms with van der Waals surface area (Å²) in [4.78, 5) is 11.4. The second-order valence-electron chi connectivity index (χ2n) is 3.61. The summed E-state index contributed by atoms with van der Waals surface area (Å²) in [5, 5.41) is 9.20. The number of hydrogen-bond donors (Lipinski definition) is 2. The second-order valence-corrected chi connectivity index (χ2v) is 3.61. The molecule has 88 valence electrons. The molecule has 0 aromatic carbocycles. The van der Waals surface area contributed by atoms with Crippen molar-refractivity contribution in [3.63, 3.8) is 0 Å². The van der Waals surface area contributed by atoms with Crippen LogP contribution < -0.4 is 5.32 Å². The molecular weight excluding hydrogens is 218 g/mol. The monoisotopic (exact) mass is 231 g/mol. The molecule has 0 aliphatic heterocycles.